The van der Waals surface area contributed by atoms with E-state index in [1.165, 1.54) is 26.3 Å². The predicted octanol–water partition coefficient (Wildman–Crippen LogP) is 3.01. The summed E-state index contributed by atoms with van der Waals surface area (Å²) in [4.78, 5) is 68.6. The van der Waals surface area contributed by atoms with Crippen molar-refractivity contribution in [2.45, 2.75) is 45.4 Å². The second-order valence-electron chi connectivity index (χ2n) is 9.73. The molecule has 1 amide bonds. The van der Waals surface area contributed by atoms with Gasteiger partial charge in [-0.2, -0.15) is 0 Å². The molecule has 0 radical (unpaired) electrons. The van der Waals surface area contributed by atoms with Gasteiger partial charge < -0.3 is 33.7 Å². The van der Waals surface area contributed by atoms with Crippen molar-refractivity contribution < 1.29 is 52.4 Å². The van der Waals surface area contributed by atoms with E-state index in [0.717, 1.165) is 5.56 Å². The highest BCUT2D eigenvalue weighted by molar-refractivity contribution is 9.09. The van der Waals surface area contributed by atoms with Gasteiger partial charge in [0.2, 0.25) is 5.75 Å². The number of aromatic nitrogens is 1. The lowest BCUT2D eigenvalue weighted by atomic mass is 9.91. The Labute approximate surface area is 256 Å². The van der Waals surface area contributed by atoms with Crippen LogP contribution in [0.25, 0.3) is 0 Å². The maximum absolute atomic E-state index is 13.4. The number of carbonyl (C=O) groups excluding carboxylic acids is 5. The molecule has 0 bridgehead atoms. The Morgan fingerprint density at radius 3 is 2.49 bits per heavy atom. The van der Waals surface area contributed by atoms with Crippen molar-refractivity contribution in [2.24, 2.45) is 11.8 Å². The number of carbonyl (C=O) groups is 5. The summed E-state index contributed by atoms with van der Waals surface area (Å²) in [6, 6.07) is 8.88. The molecule has 1 saturated heterocycles. The lowest BCUT2D eigenvalue weighted by Gasteiger charge is -2.29. The number of esters is 3. The molecule has 1 aromatic heterocycles. The molecule has 1 N–H and O–H groups in total. The molecule has 43 heavy (non-hydrogen) atoms. The molecule has 1 aliphatic rings. The molecule has 4 atom stereocenters. The summed E-state index contributed by atoms with van der Waals surface area (Å²) in [6.07, 6.45) is -2.01. The van der Waals surface area contributed by atoms with E-state index in [4.69, 9.17) is 28.4 Å². The van der Waals surface area contributed by atoms with Crippen LogP contribution in [0.2, 0.25) is 0 Å². The quantitative estimate of drug-likeness (QED) is 0.224. The van der Waals surface area contributed by atoms with E-state index in [-0.39, 0.29) is 24.5 Å². The Hall–Kier alpha value is -4.20. The van der Waals surface area contributed by atoms with Gasteiger partial charge in [0.15, 0.2) is 23.6 Å². The minimum Gasteiger partial charge on any atom is -0.493 e. The first-order valence-electron chi connectivity index (χ1n) is 13.4. The summed E-state index contributed by atoms with van der Waals surface area (Å²) in [7, 11) is 1.29. The summed E-state index contributed by atoms with van der Waals surface area (Å²) in [5, 5.41) is 2.76. The van der Waals surface area contributed by atoms with Crippen LogP contribution in [0.5, 0.6) is 11.5 Å². The summed E-state index contributed by atoms with van der Waals surface area (Å²) < 4.78 is 32.0. The molecular weight excluding hydrogens is 632 g/mol. The van der Waals surface area contributed by atoms with Gasteiger partial charge in [-0.15, -0.1) is 0 Å². The smallest absolute Gasteiger partial charge is 0.493 e. The van der Waals surface area contributed by atoms with E-state index in [1.54, 1.807) is 38.1 Å². The first kappa shape index (κ1) is 33.3. The van der Waals surface area contributed by atoms with Crippen LogP contribution in [-0.4, -0.2) is 78.9 Å². The van der Waals surface area contributed by atoms with E-state index in [0.29, 0.717) is 5.33 Å². The second kappa shape index (κ2) is 15.9. The van der Waals surface area contributed by atoms with Crippen molar-refractivity contribution in [3.63, 3.8) is 0 Å². The maximum atomic E-state index is 13.4. The first-order valence-corrected chi connectivity index (χ1v) is 14.5. The zero-order valence-corrected chi connectivity index (χ0v) is 25.7. The zero-order chi connectivity index (χ0) is 31.5. The van der Waals surface area contributed by atoms with Gasteiger partial charge in [-0.25, -0.2) is 14.6 Å². The van der Waals surface area contributed by atoms with E-state index in [1.807, 2.05) is 6.07 Å². The number of halogens is 1. The molecular formula is C29H33BrN2O11. The van der Waals surface area contributed by atoms with Crippen molar-refractivity contribution in [1.82, 2.24) is 10.3 Å². The number of rotatable bonds is 10. The Morgan fingerprint density at radius 2 is 1.84 bits per heavy atom. The standard InChI is InChI=1S/C29H33BrN2O11/c1-16(2)26(34)42-23-17(3)41-28(36)20(15-40-27(35)19(23)14-18-8-6-5-7-9-18)32-25(33)22-24(21(38-4)10-12-31-22)43-29(37)39-13-11-30/h5-10,12,16-17,19-20,23H,11,13-15H2,1-4H3,(H,32,33)/t17-,19+,20?,23?/m0/s1. The summed E-state index contributed by atoms with van der Waals surface area (Å²) in [5.74, 6) is -5.16. The lowest BCUT2D eigenvalue weighted by molar-refractivity contribution is -0.176. The van der Waals surface area contributed by atoms with Crippen LogP contribution in [0.4, 0.5) is 4.79 Å². The van der Waals surface area contributed by atoms with E-state index in [9.17, 15) is 24.0 Å². The van der Waals surface area contributed by atoms with Gasteiger partial charge in [-0.3, -0.25) is 14.4 Å². The molecule has 2 aromatic rings. The number of hydrogen-bond donors (Lipinski definition) is 1. The van der Waals surface area contributed by atoms with Crippen LogP contribution in [0.1, 0.15) is 36.8 Å². The van der Waals surface area contributed by atoms with Gasteiger partial charge in [-0.05, 0) is 18.9 Å². The first-order chi connectivity index (χ1) is 20.5. The van der Waals surface area contributed by atoms with E-state index < -0.39 is 72.4 Å². The minimum absolute atomic E-state index is 0.000846. The number of benzene rings is 1. The van der Waals surface area contributed by atoms with Crippen LogP contribution in [0.3, 0.4) is 0 Å². The molecule has 14 heteroatoms. The lowest BCUT2D eigenvalue weighted by Crippen LogP contribution is -2.47. The molecule has 13 nitrogen and oxygen atoms in total. The van der Waals surface area contributed by atoms with Gasteiger partial charge in [0, 0.05) is 17.6 Å². The Balaban J connectivity index is 1.88. The molecule has 1 aromatic carbocycles. The largest absolute Gasteiger partial charge is 0.514 e. The number of nitrogens with one attached hydrogen (secondary N) is 1. The highest BCUT2D eigenvalue weighted by atomic mass is 79.9. The van der Waals surface area contributed by atoms with Crippen molar-refractivity contribution in [3.05, 3.63) is 53.9 Å². The predicted molar refractivity (Wildman–Crippen MR) is 153 cm³/mol. The fourth-order valence-corrected chi connectivity index (χ4v) is 4.23. The number of pyridine rings is 1. The third-order valence-corrected chi connectivity index (χ3v) is 6.58. The highest BCUT2D eigenvalue weighted by Gasteiger charge is 2.42. The molecule has 0 aliphatic carbocycles. The van der Waals surface area contributed by atoms with E-state index in [2.05, 4.69) is 26.2 Å². The van der Waals surface area contributed by atoms with Crippen molar-refractivity contribution in [1.29, 1.82) is 0 Å². The van der Waals surface area contributed by atoms with Gasteiger partial charge in [-0.1, -0.05) is 60.1 Å². The molecule has 2 unspecified atom stereocenters. The third kappa shape index (κ3) is 9.14. The van der Waals surface area contributed by atoms with E-state index >= 15 is 0 Å². The third-order valence-electron chi connectivity index (χ3n) is 6.25. The maximum Gasteiger partial charge on any atom is 0.514 e. The summed E-state index contributed by atoms with van der Waals surface area (Å²) >= 11 is 3.12. The minimum atomic E-state index is -1.49. The molecule has 1 aliphatic heterocycles. The van der Waals surface area contributed by atoms with Crippen LogP contribution < -0.4 is 14.8 Å². The van der Waals surface area contributed by atoms with Crippen LogP contribution >= 0.6 is 15.9 Å². The Morgan fingerprint density at radius 1 is 1.12 bits per heavy atom. The second-order valence-corrected chi connectivity index (χ2v) is 10.5. The van der Waals surface area contributed by atoms with Crippen LogP contribution in [0, 0.1) is 11.8 Å². The molecule has 0 saturated carbocycles. The zero-order valence-electron chi connectivity index (χ0n) is 24.1. The fraction of sp³-hybridized carbons (Fsp3) is 0.448. The fourth-order valence-electron chi connectivity index (χ4n) is 4.06. The number of nitrogens with zero attached hydrogens (tertiary/aromatic N) is 1. The van der Waals surface area contributed by atoms with Crippen LogP contribution in [0.15, 0.2) is 42.6 Å². The van der Waals surface area contributed by atoms with Crippen molar-refractivity contribution >= 4 is 45.9 Å². The normalized spacial score (nSPS) is 20.4. The summed E-state index contributed by atoms with van der Waals surface area (Å²) in [5.41, 5.74) is 0.358. The highest BCUT2D eigenvalue weighted by Crippen LogP contribution is 2.30. The average Bonchev–Trinajstić information content (AvgIpc) is 3.02. The number of amides is 1. The molecule has 232 valence electrons. The number of cyclic esters (lactones) is 2. The monoisotopic (exact) mass is 664 g/mol. The summed E-state index contributed by atoms with van der Waals surface area (Å²) in [6.45, 7) is 4.16. The average molecular weight is 665 g/mol. The molecule has 1 fully saturated rings. The number of ether oxygens (including phenoxy) is 6. The van der Waals surface area contributed by atoms with Gasteiger partial charge in [0.1, 0.15) is 25.2 Å². The van der Waals surface area contributed by atoms with Gasteiger partial charge in [0.05, 0.1) is 13.0 Å². The molecule has 3 rings (SSSR count). The van der Waals surface area contributed by atoms with Gasteiger partial charge >= 0.3 is 24.1 Å². The number of hydrogen-bond acceptors (Lipinski definition) is 12. The molecule has 0 spiro atoms. The number of methoxy groups -OCH3 is 1. The molecule has 2 heterocycles. The Kier molecular flexibility index (Phi) is 12.3. The van der Waals surface area contributed by atoms with Crippen molar-refractivity contribution in [2.75, 3.05) is 25.7 Å². The SMILES string of the molecule is COc1ccnc(C(=O)NC2COC(=O)[C@H](Cc3ccccc3)C(OC(=O)C(C)C)[C@H](C)OC2=O)c1OC(=O)OCCBr. The topological polar surface area (TPSA) is 166 Å². The Bertz CT molecular complexity index is 1300. The number of alkyl halides is 1. The van der Waals surface area contributed by atoms with Crippen LogP contribution in [-0.2, 0) is 39.8 Å². The van der Waals surface area contributed by atoms with Gasteiger partial charge in [0.25, 0.3) is 5.91 Å². The van der Waals surface area contributed by atoms with Crippen molar-refractivity contribution in [3.8, 4) is 11.5 Å².